The second-order valence-corrected chi connectivity index (χ2v) is 8.48. The number of ether oxygens (including phenoxy) is 1. The summed E-state index contributed by atoms with van der Waals surface area (Å²) >= 11 is 6.22. The molecule has 33 heavy (non-hydrogen) atoms. The zero-order valence-corrected chi connectivity index (χ0v) is 19.2. The largest absolute Gasteiger partial charge is 0.425 e. The van der Waals surface area contributed by atoms with Gasteiger partial charge in [0.15, 0.2) is 5.75 Å². The van der Waals surface area contributed by atoms with Crippen LogP contribution in [0.4, 0.5) is 0 Å². The molecule has 0 aliphatic heterocycles. The number of aromatic amines is 1. The minimum absolute atomic E-state index is 0.107. The Kier molecular flexibility index (Phi) is 6.24. The molecular weight excluding hydrogens is 444 g/mol. The van der Waals surface area contributed by atoms with Crippen molar-refractivity contribution in [2.45, 2.75) is 39.7 Å². The normalized spacial score (nSPS) is 12.1. The fourth-order valence-corrected chi connectivity index (χ4v) is 4.20. The lowest BCUT2D eigenvalue weighted by Gasteiger charge is -2.14. The van der Waals surface area contributed by atoms with Crippen molar-refractivity contribution in [2.24, 2.45) is 0 Å². The number of hydrogen-bond donors (Lipinski definition) is 2. The summed E-state index contributed by atoms with van der Waals surface area (Å²) in [4.78, 5) is 39.8. The quantitative estimate of drug-likeness (QED) is 0.248. The molecule has 2 heterocycles. The first kappa shape index (κ1) is 22.6. The van der Waals surface area contributed by atoms with Crippen molar-refractivity contribution in [3.63, 3.8) is 0 Å². The molecule has 170 valence electrons. The van der Waals surface area contributed by atoms with Crippen molar-refractivity contribution >= 4 is 45.3 Å². The number of fused-ring (bicyclic) bond motifs is 2. The van der Waals surface area contributed by atoms with E-state index >= 15 is 0 Å². The highest BCUT2D eigenvalue weighted by molar-refractivity contribution is 6.33. The fourth-order valence-electron chi connectivity index (χ4n) is 3.99. The number of benzene rings is 2. The van der Waals surface area contributed by atoms with Gasteiger partial charge in [0.05, 0.1) is 17.0 Å². The third-order valence-corrected chi connectivity index (χ3v) is 5.83. The maximum Gasteiger partial charge on any atom is 0.340 e. The molecule has 2 aromatic carbocycles. The van der Waals surface area contributed by atoms with Gasteiger partial charge in [-0.1, -0.05) is 29.8 Å². The summed E-state index contributed by atoms with van der Waals surface area (Å²) in [5.74, 6) is -0.707. The number of aromatic nitrogens is 1. The molecular formula is C25H23ClN2O5. The van der Waals surface area contributed by atoms with E-state index in [0.29, 0.717) is 17.4 Å². The minimum atomic E-state index is -0.615. The Hall–Kier alpha value is -3.58. The van der Waals surface area contributed by atoms with Crippen LogP contribution in [0.15, 0.2) is 51.8 Å². The molecule has 8 heteroatoms. The van der Waals surface area contributed by atoms with Gasteiger partial charge in [-0.15, -0.1) is 0 Å². The van der Waals surface area contributed by atoms with Gasteiger partial charge >= 0.3 is 11.6 Å². The summed E-state index contributed by atoms with van der Waals surface area (Å²) in [7, 11) is 0. The van der Waals surface area contributed by atoms with Crippen LogP contribution in [0.5, 0.6) is 5.75 Å². The summed E-state index contributed by atoms with van der Waals surface area (Å²) in [6.07, 6.45) is 2.48. The van der Waals surface area contributed by atoms with Gasteiger partial charge in [0.1, 0.15) is 5.58 Å². The van der Waals surface area contributed by atoms with Gasteiger partial charge in [0, 0.05) is 41.5 Å². The maximum absolute atomic E-state index is 12.7. The smallest absolute Gasteiger partial charge is 0.340 e. The topological polar surface area (TPSA) is 101 Å². The number of para-hydroxylation sites is 1. The van der Waals surface area contributed by atoms with Crippen molar-refractivity contribution in [1.29, 1.82) is 0 Å². The molecule has 0 fully saturated rings. The molecule has 1 amide bonds. The van der Waals surface area contributed by atoms with Crippen LogP contribution >= 0.6 is 11.6 Å². The van der Waals surface area contributed by atoms with Crippen LogP contribution in [-0.2, 0) is 22.4 Å². The highest BCUT2D eigenvalue weighted by Gasteiger charge is 2.19. The second-order valence-electron chi connectivity index (χ2n) is 8.07. The average Bonchev–Trinajstić information content (AvgIpc) is 3.15. The number of halogens is 1. The van der Waals surface area contributed by atoms with Crippen molar-refractivity contribution in [3.05, 3.63) is 74.7 Å². The lowest BCUT2D eigenvalue weighted by atomic mass is 10.0. The van der Waals surface area contributed by atoms with Crippen LogP contribution in [-0.4, -0.2) is 22.9 Å². The molecule has 1 atom stereocenters. The summed E-state index contributed by atoms with van der Waals surface area (Å²) in [5, 5.41) is 4.86. The third-order valence-electron chi connectivity index (χ3n) is 5.54. The van der Waals surface area contributed by atoms with Gasteiger partial charge in [-0.05, 0) is 43.5 Å². The average molecular weight is 467 g/mol. The van der Waals surface area contributed by atoms with Crippen LogP contribution in [0.1, 0.15) is 30.5 Å². The van der Waals surface area contributed by atoms with Crippen LogP contribution in [0.3, 0.4) is 0 Å². The first-order valence-electron chi connectivity index (χ1n) is 10.5. The first-order chi connectivity index (χ1) is 15.7. The van der Waals surface area contributed by atoms with Gasteiger partial charge in [0.25, 0.3) is 0 Å². The third kappa shape index (κ3) is 4.78. The van der Waals surface area contributed by atoms with Crippen LogP contribution in [0, 0.1) is 6.92 Å². The van der Waals surface area contributed by atoms with E-state index in [1.54, 1.807) is 13.0 Å². The molecule has 0 aliphatic carbocycles. The van der Waals surface area contributed by atoms with E-state index in [1.165, 1.54) is 13.0 Å². The van der Waals surface area contributed by atoms with Crippen molar-refractivity contribution in [2.75, 3.05) is 0 Å². The van der Waals surface area contributed by atoms with Crippen LogP contribution in [0.2, 0.25) is 5.02 Å². The SMILES string of the molecule is CC(=O)Oc1cc2oc(=O)c(CC(=O)N[C@H](C)Cc3c[nH]c4ccccc34)c(C)c2cc1Cl. The van der Waals surface area contributed by atoms with E-state index < -0.39 is 11.6 Å². The van der Waals surface area contributed by atoms with E-state index in [4.69, 9.17) is 20.8 Å². The Labute approximate surface area is 194 Å². The van der Waals surface area contributed by atoms with E-state index in [0.717, 1.165) is 16.5 Å². The summed E-state index contributed by atoms with van der Waals surface area (Å²) in [6, 6.07) is 10.8. The first-order valence-corrected chi connectivity index (χ1v) is 10.9. The summed E-state index contributed by atoms with van der Waals surface area (Å²) < 4.78 is 10.4. The Bertz CT molecular complexity index is 1440. The number of carbonyl (C=O) groups is 2. The second kappa shape index (κ2) is 9.11. The molecule has 4 aromatic rings. The number of nitrogens with one attached hydrogen (secondary N) is 2. The van der Waals surface area contributed by atoms with Gasteiger partial charge in [-0.3, -0.25) is 9.59 Å². The number of hydrogen-bond acceptors (Lipinski definition) is 5. The predicted octanol–water partition coefficient (Wildman–Crippen LogP) is 4.45. The fraction of sp³-hybridized carbons (Fsp3) is 0.240. The number of amides is 1. The van der Waals surface area contributed by atoms with Crippen molar-refractivity contribution in [3.8, 4) is 5.75 Å². The van der Waals surface area contributed by atoms with Crippen molar-refractivity contribution in [1.82, 2.24) is 10.3 Å². The molecule has 0 unspecified atom stereocenters. The van der Waals surface area contributed by atoms with E-state index in [9.17, 15) is 14.4 Å². The summed E-state index contributed by atoms with van der Waals surface area (Å²) in [6.45, 7) is 4.91. The molecule has 0 bridgehead atoms. The minimum Gasteiger partial charge on any atom is -0.425 e. The Morgan fingerprint density at radius 2 is 1.97 bits per heavy atom. The van der Waals surface area contributed by atoms with Gasteiger partial charge in [-0.25, -0.2) is 4.79 Å². The zero-order chi connectivity index (χ0) is 23.7. The molecule has 4 rings (SSSR count). The Morgan fingerprint density at radius 3 is 2.73 bits per heavy atom. The van der Waals surface area contributed by atoms with Gasteiger partial charge in [0.2, 0.25) is 5.91 Å². The molecule has 2 aromatic heterocycles. The molecule has 0 radical (unpaired) electrons. The maximum atomic E-state index is 12.7. The standard InChI is InChI=1S/C25H23ClN2O5/c1-13(8-16-12-27-21-7-5-4-6-17(16)21)28-24(30)10-19-14(2)18-9-20(26)23(32-15(3)29)11-22(18)33-25(19)31/h4-7,9,11-13,27H,8,10H2,1-3H3,(H,28,30)/t13-/m1/s1. The van der Waals surface area contributed by atoms with E-state index in [1.807, 2.05) is 37.4 Å². The van der Waals surface area contributed by atoms with Gasteiger partial charge in [-0.2, -0.15) is 0 Å². The molecule has 0 spiro atoms. The zero-order valence-electron chi connectivity index (χ0n) is 18.5. The number of rotatable bonds is 6. The number of esters is 1. The van der Waals surface area contributed by atoms with Crippen LogP contribution < -0.4 is 15.7 Å². The molecule has 0 saturated heterocycles. The van der Waals surface area contributed by atoms with E-state index in [-0.39, 0.29) is 40.3 Å². The monoisotopic (exact) mass is 466 g/mol. The highest BCUT2D eigenvalue weighted by Crippen LogP contribution is 2.32. The van der Waals surface area contributed by atoms with Crippen LogP contribution in [0.25, 0.3) is 21.9 Å². The highest BCUT2D eigenvalue weighted by atomic mass is 35.5. The lowest BCUT2D eigenvalue weighted by Crippen LogP contribution is -2.36. The Morgan fingerprint density at radius 1 is 1.21 bits per heavy atom. The number of H-pyrrole nitrogens is 1. The number of carbonyl (C=O) groups excluding carboxylic acids is 2. The molecule has 0 aliphatic rings. The van der Waals surface area contributed by atoms with Crippen molar-refractivity contribution < 1.29 is 18.7 Å². The molecule has 2 N–H and O–H groups in total. The van der Waals surface area contributed by atoms with E-state index in [2.05, 4.69) is 10.3 Å². The lowest BCUT2D eigenvalue weighted by molar-refractivity contribution is -0.131. The summed E-state index contributed by atoms with van der Waals surface area (Å²) in [5.41, 5.74) is 2.63. The van der Waals surface area contributed by atoms with Gasteiger partial charge < -0.3 is 19.5 Å². The Balaban J connectivity index is 1.52. The molecule has 7 nitrogen and oxygen atoms in total. The predicted molar refractivity (Wildman–Crippen MR) is 127 cm³/mol. The number of aryl methyl sites for hydroxylation is 1. The molecule has 0 saturated carbocycles.